The first-order valence-electron chi connectivity index (χ1n) is 4.41. The fourth-order valence-corrected chi connectivity index (χ4v) is 1.47. The van der Waals surface area contributed by atoms with E-state index < -0.39 is 0 Å². The highest BCUT2D eigenvalue weighted by Gasteiger charge is 2.16. The average Bonchev–Trinajstić information content (AvgIpc) is 2.06. The highest BCUT2D eigenvalue weighted by Crippen LogP contribution is 2.12. The monoisotopic (exact) mass is 170 g/mol. The number of hydrogen-bond acceptors (Lipinski definition) is 3. The van der Waals surface area contributed by atoms with Crippen LogP contribution in [0.2, 0.25) is 0 Å². The highest BCUT2D eigenvalue weighted by molar-refractivity contribution is 4.96. The van der Waals surface area contributed by atoms with Crippen LogP contribution in [-0.4, -0.2) is 37.7 Å². The van der Waals surface area contributed by atoms with E-state index in [1.807, 2.05) is 0 Å². The first-order chi connectivity index (χ1) is 5.74. The van der Waals surface area contributed by atoms with Gasteiger partial charge in [0.25, 0.3) is 0 Å². The van der Waals surface area contributed by atoms with Crippen LogP contribution < -0.4 is 5.73 Å². The molecule has 1 rings (SSSR count). The van der Waals surface area contributed by atoms with Crippen molar-refractivity contribution in [2.75, 3.05) is 26.8 Å². The number of likely N-dealkylation sites (tertiary alicyclic amines) is 1. The largest absolute Gasteiger partial charge is 0.379 e. The second-order valence-corrected chi connectivity index (χ2v) is 3.32. The summed E-state index contributed by atoms with van der Waals surface area (Å²) in [6, 6.07) is 0.386. The number of nitrogens with zero attached hydrogens (tertiary/aromatic N) is 1. The predicted octanol–water partition coefficient (Wildman–Crippen LogP) is 0.570. The van der Waals surface area contributed by atoms with Gasteiger partial charge in [-0.3, -0.25) is 0 Å². The Morgan fingerprint density at radius 2 is 2.17 bits per heavy atom. The minimum absolute atomic E-state index is 0.386. The molecule has 1 fully saturated rings. The number of ether oxygens (including phenoxy) is 1. The molecule has 12 heavy (non-hydrogen) atoms. The molecule has 0 aliphatic carbocycles. The highest BCUT2D eigenvalue weighted by atomic mass is 16.5. The van der Waals surface area contributed by atoms with Gasteiger partial charge in [-0.05, 0) is 12.8 Å². The Hall–Kier alpha value is -0.540. The van der Waals surface area contributed by atoms with Crippen molar-refractivity contribution in [1.29, 1.82) is 0 Å². The van der Waals surface area contributed by atoms with E-state index in [9.17, 15) is 0 Å². The minimum Gasteiger partial charge on any atom is -0.379 e. The Kier molecular flexibility index (Phi) is 3.56. The molecule has 0 amide bonds. The number of hydrogen-bond donors (Lipinski definition) is 1. The van der Waals surface area contributed by atoms with Gasteiger partial charge in [-0.2, -0.15) is 0 Å². The third-order valence-electron chi connectivity index (χ3n) is 2.30. The summed E-state index contributed by atoms with van der Waals surface area (Å²) in [6.45, 7) is 6.65. The molecule has 0 unspecified atom stereocenters. The zero-order valence-electron chi connectivity index (χ0n) is 7.75. The van der Waals surface area contributed by atoms with Crippen molar-refractivity contribution in [3.8, 4) is 0 Å². The van der Waals surface area contributed by atoms with Crippen molar-refractivity contribution >= 4 is 0 Å². The van der Waals surface area contributed by atoms with Gasteiger partial charge >= 0.3 is 0 Å². The lowest BCUT2D eigenvalue weighted by molar-refractivity contribution is 0.173. The molecule has 70 valence electrons. The Balaban J connectivity index is 2.29. The van der Waals surface area contributed by atoms with Crippen LogP contribution in [0.3, 0.4) is 0 Å². The summed E-state index contributed by atoms with van der Waals surface area (Å²) in [5.74, 6) is 0. The van der Waals surface area contributed by atoms with Crippen LogP contribution in [0.4, 0.5) is 0 Å². The molecule has 0 aromatic heterocycles. The molecule has 0 bridgehead atoms. The summed E-state index contributed by atoms with van der Waals surface area (Å²) in [5, 5.41) is 0. The Morgan fingerprint density at radius 1 is 1.58 bits per heavy atom. The summed E-state index contributed by atoms with van der Waals surface area (Å²) in [5.41, 5.74) is 6.86. The molecule has 3 heteroatoms. The van der Waals surface area contributed by atoms with Crippen LogP contribution in [0.25, 0.3) is 0 Å². The van der Waals surface area contributed by atoms with Gasteiger partial charge in [0.1, 0.15) is 0 Å². The van der Waals surface area contributed by atoms with Crippen LogP contribution >= 0.6 is 0 Å². The van der Waals surface area contributed by atoms with Crippen molar-refractivity contribution in [3.05, 3.63) is 12.3 Å². The van der Waals surface area contributed by atoms with E-state index in [2.05, 4.69) is 11.5 Å². The van der Waals surface area contributed by atoms with E-state index >= 15 is 0 Å². The van der Waals surface area contributed by atoms with E-state index in [0.717, 1.165) is 31.6 Å². The molecule has 2 N–H and O–H groups in total. The number of rotatable bonds is 3. The molecule has 0 saturated carbocycles. The summed E-state index contributed by atoms with van der Waals surface area (Å²) in [4.78, 5) is 2.26. The molecule has 1 aliphatic rings. The van der Waals surface area contributed by atoms with Crippen molar-refractivity contribution in [1.82, 2.24) is 4.90 Å². The van der Waals surface area contributed by atoms with Gasteiger partial charge in [0, 0.05) is 31.9 Å². The second-order valence-electron chi connectivity index (χ2n) is 3.32. The molecule has 3 nitrogen and oxygen atoms in total. The van der Waals surface area contributed by atoms with Crippen molar-refractivity contribution in [3.63, 3.8) is 0 Å². The van der Waals surface area contributed by atoms with E-state index in [1.54, 1.807) is 7.11 Å². The fourth-order valence-electron chi connectivity index (χ4n) is 1.47. The summed E-state index contributed by atoms with van der Waals surface area (Å²) in [7, 11) is 1.70. The SMILES string of the molecule is C=C(COC)N1CCC(N)CC1. The maximum Gasteiger partial charge on any atom is 0.0854 e. The lowest BCUT2D eigenvalue weighted by atomic mass is 10.1. The fraction of sp³-hybridized carbons (Fsp3) is 0.778. The molecule has 0 spiro atoms. The normalized spacial score (nSPS) is 19.7. The van der Waals surface area contributed by atoms with Crippen LogP contribution in [0.1, 0.15) is 12.8 Å². The molecule has 1 aliphatic heterocycles. The van der Waals surface area contributed by atoms with Crippen LogP contribution in [0, 0.1) is 0 Å². The van der Waals surface area contributed by atoms with Gasteiger partial charge in [-0.25, -0.2) is 0 Å². The topological polar surface area (TPSA) is 38.5 Å². The first kappa shape index (κ1) is 9.55. The van der Waals surface area contributed by atoms with Crippen molar-refractivity contribution in [2.24, 2.45) is 5.73 Å². The van der Waals surface area contributed by atoms with E-state index in [-0.39, 0.29) is 0 Å². The van der Waals surface area contributed by atoms with Crippen LogP contribution in [0.15, 0.2) is 12.3 Å². The molecule has 1 heterocycles. The number of nitrogens with two attached hydrogens (primary N) is 1. The lowest BCUT2D eigenvalue weighted by Gasteiger charge is -2.32. The molecular weight excluding hydrogens is 152 g/mol. The summed E-state index contributed by atoms with van der Waals surface area (Å²) >= 11 is 0. The molecule has 0 atom stereocenters. The smallest absolute Gasteiger partial charge is 0.0854 e. The third kappa shape index (κ3) is 2.50. The van der Waals surface area contributed by atoms with Gasteiger partial charge in [-0.15, -0.1) is 0 Å². The van der Waals surface area contributed by atoms with E-state index in [1.165, 1.54) is 0 Å². The summed E-state index contributed by atoms with van der Waals surface area (Å²) < 4.78 is 5.01. The molecule has 0 aromatic carbocycles. The van der Waals surface area contributed by atoms with Gasteiger partial charge in [0.2, 0.25) is 0 Å². The standard InChI is InChI=1S/C9H18N2O/c1-8(7-12-2)11-5-3-9(10)4-6-11/h9H,1,3-7,10H2,2H3. The van der Waals surface area contributed by atoms with E-state index in [4.69, 9.17) is 10.5 Å². The summed E-state index contributed by atoms with van der Waals surface area (Å²) in [6.07, 6.45) is 2.14. The van der Waals surface area contributed by atoms with Gasteiger partial charge in [-0.1, -0.05) is 6.58 Å². The zero-order chi connectivity index (χ0) is 8.97. The maximum absolute atomic E-state index is 5.78. The van der Waals surface area contributed by atoms with Crippen LogP contribution in [-0.2, 0) is 4.74 Å². The lowest BCUT2D eigenvalue weighted by Crippen LogP contribution is -2.39. The van der Waals surface area contributed by atoms with Crippen molar-refractivity contribution < 1.29 is 4.74 Å². The Morgan fingerprint density at radius 3 is 2.67 bits per heavy atom. The van der Waals surface area contributed by atoms with E-state index in [0.29, 0.717) is 12.6 Å². The number of methoxy groups -OCH3 is 1. The predicted molar refractivity (Wildman–Crippen MR) is 49.8 cm³/mol. The Bertz CT molecular complexity index is 151. The van der Waals surface area contributed by atoms with Crippen LogP contribution in [0.5, 0.6) is 0 Å². The zero-order valence-corrected chi connectivity index (χ0v) is 7.75. The van der Waals surface area contributed by atoms with Gasteiger partial charge < -0.3 is 15.4 Å². The maximum atomic E-state index is 5.78. The average molecular weight is 170 g/mol. The minimum atomic E-state index is 0.386. The molecule has 1 saturated heterocycles. The number of piperidine rings is 1. The van der Waals surface area contributed by atoms with Gasteiger partial charge in [0.05, 0.1) is 6.61 Å². The molecule has 0 aromatic rings. The molecule has 0 radical (unpaired) electrons. The molecular formula is C9H18N2O. The first-order valence-corrected chi connectivity index (χ1v) is 4.41. The van der Waals surface area contributed by atoms with Crippen molar-refractivity contribution in [2.45, 2.75) is 18.9 Å². The Labute approximate surface area is 74.2 Å². The quantitative estimate of drug-likeness (QED) is 0.673. The third-order valence-corrected chi connectivity index (χ3v) is 2.30. The second kappa shape index (κ2) is 4.48. The van der Waals surface area contributed by atoms with Gasteiger partial charge in [0.15, 0.2) is 0 Å².